The molecule has 2 aromatic carbocycles. The van der Waals surface area contributed by atoms with Crippen LogP contribution in [-0.2, 0) is 10.0 Å². The molecule has 0 aliphatic rings. The van der Waals surface area contributed by atoms with Gasteiger partial charge in [0.25, 0.3) is 5.91 Å². The smallest absolute Gasteiger partial charge is 0.267 e. The maximum Gasteiger partial charge on any atom is 0.267 e. The second-order valence-corrected chi connectivity index (χ2v) is 8.30. The number of sulfonamides is 1. The molecule has 0 saturated carbocycles. The number of carbonyl (C=O) groups is 1. The van der Waals surface area contributed by atoms with E-state index in [1.165, 1.54) is 4.68 Å². The monoisotopic (exact) mass is 435 g/mol. The van der Waals surface area contributed by atoms with Gasteiger partial charge in [-0.1, -0.05) is 34.8 Å². The first-order chi connectivity index (χ1) is 12.1. The van der Waals surface area contributed by atoms with Crippen molar-refractivity contribution in [2.24, 2.45) is 0 Å². The summed E-state index contributed by atoms with van der Waals surface area (Å²) < 4.78 is 39.7. The maximum absolute atomic E-state index is 14.4. The molecule has 3 rings (SSSR count). The Balaban J connectivity index is 2.14. The van der Waals surface area contributed by atoms with Gasteiger partial charge in [0, 0.05) is 16.5 Å². The van der Waals surface area contributed by atoms with Crippen molar-refractivity contribution in [3.63, 3.8) is 0 Å². The van der Waals surface area contributed by atoms with Gasteiger partial charge >= 0.3 is 0 Å². The lowest BCUT2D eigenvalue weighted by Gasteiger charge is -2.10. The second kappa shape index (κ2) is 6.70. The number of hydrogen-bond donors (Lipinski definition) is 1. The molecule has 0 unspecified atom stereocenters. The Bertz CT molecular complexity index is 1160. The molecule has 1 heterocycles. The molecule has 11 heteroatoms. The average Bonchev–Trinajstić information content (AvgIpc) is 2.84. The zero-order chi connectivity index (χ0) is 19.2. The lowest BCUT2D eigenvalue weighted by molar-refractivity contribution is 0.0978. The minimum Gasteiger partial charge on any atom is -0.268 e. The number of aromatic nitrogens is 2. The molecule has 0 bridgehead atoms. The Morgan fingerprint density at radius 1 is 1.19 bits per heavy atom. The molecule has 0 radical (unpaired) electrons. The number of nitrogens with zero attached hydrogens (tertiary/aromatic N) is 2. The highest BCUT2D eigenvalue weighted by Gasteiger charge is 2.20. The highest BCUT2D eigenvalue weighted by molar-refractivity contribution is 7.89. The van der Waals surface area contributed by atoms with Crippen LogP contribution in [0.5, 0.6) is 0 Å². The Hall–Kier alpha value is -1.87. The third-order valence-electron chi connectivity index (χ3n) is 3.38. The van der Waals surface area contributed by atoms with Crippen LogP contribution in [0.2, 0.25) is 15.2 Å². The van der Waals surface area contributed by atoms with Gasteiger partial charge in [-0.2, -0.15) is 5.10 Å². The molecule has 0 aliphatic carbocycles. The van der Waals surface area contributed by atoms with Crippen LogP contribution in [0.3, 0.4) is 0 Å². The summed E-state index contributed by atoms with van der Waals surface area (Å²) in [4.78, 5) is 11.9. The lowest BCUT2D eigenvalue weighted by Crippen LogP contribution is -2.30. The van der Waals surface area contributed by atoms with Gasteiger partial charge in [0.2, 0.25) is 10.0 Å². The van der Waals surface area contributed by atoms with Gasteiger partial charge in [0.05, 0.1) is 28.0 Å². The molecule has 0 aliphatic heterocycles. The summed E-state index contributed by atoms with van der Waals surface area (Å²) in [5, 5.41) is 5.21. The predicted octanol–water partition coefficient (Wildman–Crippen LogP) is 3.81. The summed E-state index contributed by atoms with van der Waals surface area (Å²) in [6, 6.07) is 6.83. The first kappa shape index (κ1) is 18.9. The number of amides is 1. The molecule has 1 amide bonds. The largest absolute Gasteiger partial charge is 0.268 e. The lowest BCUT2D eigenvalue weighted by atomic mass is 10.1. The molecular weight excluding hydrogens is 428 g/mol. The van der Waals surface area contributed by atoms with Crippen molar-refractivity contribution in [3.05, 3.63) is 56.9 Å². The van der Waals surface area contributed by atoms with E-state index in [9.17, 15) is 17.6 Å². The van der Waals surface area contributed by atoms with Gasteiger partial charge in [-0.05, 0) is 24.3 Å². The Morgan fingerprint density at radius 2 is 1.88 bits per heavy atom. The average molecular weight is 437 g/mol. The fourth-order valence-corrected chi connectivity index (χ4v) is 3.42. The molecule has 0 fully saturated rings. The number of nitrogens with one attached hydrogen (secondary N) is 1. The van der Waals surface area contributed by atoms with Crippen molar-refractivity contribution in [1.29, 1.82) is 0 Å². The molecule has 26 heavy (non-hydrogen) atoms. The summed E-state index contributed by atoms with van der Waals surface area (Å²) in [6.45, 7) is 0. The molecule has 6 nitrogen and oxygen atoms in total. The quantitative estimate of drug-likeness (QED) is 0.677. The molecule has 3 aromatic rings. The molecule has 1 aromatic heterocycles. The van der Waals surface area contributed by atoms with Crippen molar-refractivity contribution in [2.45, 2.75) is 0 Å². The van der Waals surface area contributed by atoms with Crippen LogP contribution in [-0.4, -0.2) is 30.4 Å². The topological polar surface area (TPSA) is 81.1 Å². The molecular formula is C15H9Cl3FN3O3S. The zero-order valence-corrected chi connectivity index (χ0v) is 16.0. The van der Waals surface area contributed by atoms with Crippen LogP contribution in [0.15, 0.2) is 30.3 Å². The van der Waals surface area contributed by atoms with E-state index in [0.29, 0.717) is 15.9 Å². The SMILES string of the molecule is CS(=O)(=O)NC(=O)c1cc(Cl)c(-n2nc(Cl)c3cc(Cl)ccc32)cc1F. The van der Waals surface area contributed by atoms with E-state index in [0.717, 1.165) is 18.4 Å². The Kier molecular flexibility index (Phi) is 4.87. The summed E-state index contributed by atoms with van der Waals surface area (Å²) in [5.41, 5.74) is 0.128. The number of hydrogen-bond acceptors (Lipinski definition) is 4. The van der Waals surface area contributed by atoms with E-state index >= 15 is 0 Å². The van der Waals surface area contributed by atoms with Crippen LogP contribution < -0.4 is 4.72 Å². The van der Waals surface area contributed by atoms with Gasteiger partial charge in [0.15, 0.2) is 5.15 Å². The second-order valence-electron chi connectivity index (χ2n) is 5.35. The van der Waals surface area contributed by atoms with Crippen LogP contribution >= 0.6 is 34.8 Å². The van der Waals surface area contributed by atoms with Gasteiger partial charge in [-0.3, -0.25) is 4.79 Å². The first-order valence-electron chi connectivity index (χ1n) is 6.92. The van der Waals surface area contributed by atoms with Crippen molar-refractivity contribution >= 4 is 61.6 Å². The van der Waals surface area contributed by atoms with Crippen molar-refractivity contribution in [3.8, 4) is 5.69 Å². The number of halogens is 4. The number of carbonyl (C=O) groups excluding carboxylic acids is 1. The summed E-state index contributed by atoms with van der Waals surface area (Å²) >= 11 is 18.2. The fourth-order valence-electron chi connectivity index (χ4n) is 2.33. The molecule has 0 saturated heterocycles. The summed E-state index contributed by atoms with van der Waals surface area (Å²) in [5.74, 6) is -2.10. The van der Waals surface area contributed by atoms with Crippen molar-refractivity contribution in [2.75, 3.05) is 6.26 Å². The van der Waals surface area contributed by atoms with Crippen LogP contribution in [0, 0.1) is 5.82 Å². The van der Waals surface area contributed by atoms with Crippen LogP contribution in [0.25, 0.3) is 16.6 Å². The standard InChI is InChI=1S/C15H9Cl3FN3O3S/c1-26(24,25)21-15(23)8-5-10(17)13(6-11(8)19)22-12-3-2-7(16)4-9(12)14(18)20-22/h2-6H,1H3,(H,21,23). The molecule has 0 spiro atoms. The minimum atomic E-state index is -3.85. The predicted molar refractivity (Wildman–Crippen MR) is 98.4 cm³/mol. The van der Waals surface area contributed by atoms with Gasteiger partial charge in [-0.25, -0.2) is 22.2 Å². The van der Waals surface area contributed by atoms with E-state index in [-0.39, 0.29) is 15.9 Å². The summed E-state index contributed by atoms with van der Waals surface area (Å²) in [7, 11) is -3.85. The van der Waals surface area contributed by atoms with E-state index < -0.39 is 27.3 Å². The third kappa shape index (κ3) is 3.64. The molecule has 136 valence electrons. The van der Waals surface area contributed by atoms with Gasteiger partial charge in [-0.15, -0.1) is 0 Å². The van der Waals surface area contributed by atoms with E-state index in [4.69, 9.17) is 34.8 Å². The number of benzene rings is 2. The summed E-state index contributed by atoms with van der Waals surface area (Å²) in [6.07, 6.45) is 0.780. The first-order valence-corrected chi connectivity index (χ1v) is 9.94. The number of rotatable bonds is 3. The van der Waals surface area contributed by atoms with Crippen LogP contribution in [0.1, 0.15) is 10.4 Å². The zero-order valence-electron chi connectivity index (χ0n) is 12.9. The minimum absolute atomic E-state index is 0.0268. The Labute approximate surface area is 162 Å². The van der Waals surface area contributed by atoms with E-state index in [2.05, 4.69) is 5.10 Å². The maximum atomic E-state index is 14.4. The Morgan fingerprint density at radius 3 is 2.54 bits per heavy atom. The normalized spacial score (nSPS) is 11.7. The van der Waals surface area contributed by atoms with Gasteiger partial charge in [0.1, 0.15) is 5.82 Å². The van der Waals surface area contributed by atoms with E-state index in [1.807, 2.05) is 0 Å². The molecule has 1 N–H and O–H groups in total. The molecule has 0 atom stereocenters. The van der Waals surface area contributed by atoms with Gasteiger partial charge < -0.3 is 0 Å². The highest BCUT2D eigenvalue weighted by atomic mass is 35.5. The third-order valence-corrected chi connectivity index (χ3v) is 4.76. The van der Waals surface area contributed by atoms with Crippen molar-refractivity contribution in [1.82, 2.24) is 14.5 Å². The number of fused-ring (bicyclic) bond motifs is 1. The fraction of sp³-hybridized carbons (Fsp3) is 0.0667. The van der Waals surface area contributed by atoms with E-state index in [1.54, 1.807) is 22.9 Å². The highest BCUT2D eigenvalue weighted by Crippen LogP contribution is 2.31. The van der Waals surface area contributed by atoms with Crippen molar-refractivity contribution < 1.29 is 17.6 Å². The van der Waals surface area contributed by atoms with Crippen LogP contribution in [0.4, 0.5) is 4.39 Å².